The third kappa shape index (κ3) is 6.08. The quantitative estimate of drug-likeness (QED) is 0.526. The summed E-state index contributed by atoms with van der Waals surface area (Å²) in [5.41, 5.74) is 4.81. The first kappa shape index (κ1) is 21.8. The highest BCUT2D eigenvalue weighted by atomic mass is 16.3. The molecule has 2 N–H and O–H groups in total. The lowest BCUT2D eigenvalue weighted by Gasteiger charge is -2.21. The zero-order valence-corrected chi connectivity index (χ0v) is 18.6. The van der Waals surface area contributed by atoms with E-state index in [9.17, 15) is 9.59 Å². The third-order valence-electron chi connectivity index (χ3n) is 5.65. The van der Waals surface area contributed by atoms with E-state index in [1.54, 1.807) is 6.26 Å². The maximum atomic E-state index is 12.8. The summed E-state index contributed by atoms with van der Waals surface area (Å²) in [6, 6.07) is 17.6. The summed E-state index contributed by atoms with van der Waals surface area (Å²) < 4.78 is 5.50. The molecular weight excluding hydrogens is 402 g/mol. The molecule has 6 nitrogen and oxygen atoms in total. The first-order chi connectivity index (χ1) is 15.5. The van der Waals surface area contributed by atoms with Crippen molar-refractivity contribution in [3.05, 3.63) is 88.9 Å². The Bertz CT molecular complexity index is 1070. The van der Waals surface area contributed by atoms with Crippen molar-refractivity contribution in [2.75, 3.05) is 11.9 Å². The average Bonchev–Trinajstić information content (AvgIpc) is 3.43. The van der Waals surface area contributed by atoms with E-state index in [1.165, 1.54) is 5.56 Å². The van der Waals surface area contributed by atoms with Gasteiger partial charge in [0.1, 0.15) is 5.76 Å². The lowest BCUT2D eigenvalue weighted by atomic mass is 10.1. The second kappa shape index (κ2) is 9.83. The highest BCUT2D eigenvalue weighted by Crippen LogP contribution is 2.20. The minimum Gasteiger partial charge on any atom is -0.468 e. The summed E-state index contributed by atoms with van der Waals surface area (Å²) in [6.07, 6.45) is 3.77. The van der Waals surface area contributed by atoms with Gasteiger partial charge in [-0.1, -0.05) is 18.2 Å². The van der Waals surface area contributed by atoms with Crippen LogP contribution in [0.4, 0.5) is 5.69 Å². The van der Waals surface area contributed by atoms with Crippen molar-refractivity contribution in [2.45, 2.75) is 45.8 Å². The van der Waals surface area contributed by atoms with Gasteiger partial charge in [0, 0.05) is 23.8 Å². The van der Waals surface area contributed by atoms with Gasteiger partial charge in [-0.25, -0.2) is 0 Å². The van der Waals surface area contributed by atoms with Crippen molar-refractivity contribution in [3.8, 4) is 0 Å². The molecule has 2 aromatic carbocycles. The van der Waals surface area contributed by atoms with Crippen LogP contribution in [0.15, 0.2) is 65.3 Å². The predicted molar refractivity (Wildman–Crippen MR) is 124 cm³/mol. The lowest BCUT2D eigenvalue weighted by molar-refractivity contribution is -0.117. The van der Waals surface area contributed by atoms with Gasteiger partial charge in [0.25, 0.3) is 5.91 Å². The van der Waals surface area contributed by atoms with Crippen molar-refractivity contribution >= 4 is 17.5 Å². The van der Waals surface area contributed by atoms with Crippen LogP contribution in [0.2, 0.25) is 0 Å². The number of nitrogens with one attached hydrogen (secondary N) is 2. The molecule has 2 amide bonds. The number of hydrogen-bond donors (Lipinski definition) is 2. The molecule has 0 unspecified atom stereocenters. The molecule has 3 aromatic rings. The monoisotopic (exact) mass is 431 g/mol. The smallest absolute Gasteiger partial charge is 0.251 e. The van der Waals surface area contributed by atoms with E-state index < -0.39 is 0 Å². The number of benzene rings is 2. The van der Waals surface area contributed by atoms with Crippen LogP contribution in [0.1, 0.15) is 45.7 Å². The zero-order chi connectivity index (χ0) is 22.5. The summed E-state index contributed by atoms with van der Waals surface area (Å²) in [5, 5.41) is 5.99. The van der Waals surface area contributed by atoms with Gasteiger partial charge in [0.2, 0.25) is 5.91 Å². The van der Waals surface area contributed by atoms with Crippen LogP contribution in [0.25, 0.3) is 0 Å². The molecule has 1 aromatic heterocycles. The molecule has 1 heterocycles. The van der Waals surface area contributed by atoms with E-state index in [2.05, 4.69) is 10.6 Å². The number of rotatable bonds is 9. The minimum absolute atomic E-state index is 0.0285. The highest BCUT2D eigenvalue weighted by Gasteiger charge is 2.23. The fourth-order valence-corrected chi connectivity index (χ4v) is 3.53. The summed E-state index contributed by atoms with van der Waals surface area (Å²) in [7, 11) is 0. The van der Waals surface area contributed by atoms with E-state index in [4.69, 9.17) is 4.42 Å². The number of furan rings is 1. The Kier molecular flexibility index (Phi) is 6.71. The maximum Gasteiger partial charge on any atom is 0.251 e. The molecule has 0 atom stereocenters. The van der Waals surface area contributed by atoms with Gasteiger partial charge in [-0.05, 0) is 79.8 Å². The molecule has 0 aliphatic heterocycles. The highest BCUT2D eigenvalue weighted by molar-refractivity contribution is 5.94. The second-order valence-electron chi connectivity index (χ2n) is 8.52. The Hall–Kier alpha value is -3.38. The number of aryl methyl sites for hydroxylation is 2. The molecule has 1 aliphatic rings. The van der Waals surface area contributed by atoms with Crippen molar-refractivity contribution in [1.29, 1.82) is 0 Å². The van der Waals surface area contributed by atoms with Crippen LogP contribution in [0.3, 0.4) is 0 Å². The maximum absolute atomic E-state index is 12.8. The van der Waals surface area contributed by atoms with Crippen LogP contribution in [-0.4, -0.2) is 29.3 Å². The van der Waals surface area contributed by atoms with Crippen molar-refractivity contribution < 1.29 is 14.0 Å². The van der Waals surface area contributed by atoms with Gasteiger partial charge < -0.3 is 15.1 Å². The Morgan fingerprint density at radius 2 is 1.78 bits per heavy atom. The number of hydrogen-bond acceptors (Lipinski definition) is 4. The van der Waals surface area contributed by atoms with E-state index in [0.717, 1.165) is 35.4 Å². The standard InChI is InChI=1S/C26H29N3O3/c1-18-5-10-23(14-19(18)2)27-25(30)17-29(16-24-4-3-13-32-24)15-20-6-8-21(9-7-20)26(31)28-22-11-12-22/h3-10,13-14,22H,11-12,15-17H2,1-2H3,(H,27,30)(H,28,31). The Morgan fingerprint density at radius 3 is 2.44 bits per heavy atom. The summed E-state index contributed by atoms with van der Waals surface area (Å²) in [4.78, 5) is 27.0. The van der Waals surface area contributed by atoms with Gasteiger partial charge in [0.15, 0.2) is 0 Å². The number of nitrogens with zero attached hydrogens (tertiary/aromatic N) is 1. The molecule has 0 saturated heterocycles. The van der Waals surface area contributed by atoms with Gasteiger partial charge in [-0.3, -0.25) is 14.5 Å². The average molecular weight is 432 g/mol. The summed E-state index contributed by atoms with van der Waals surface area (Å²) in [6.45, 7) is 5.37. The van der Waals surface area contributed by atoms with Gasteiger partial charge >= 0.3 is 0 Å². The molecule has 0 bridgehead atoms. The fourth-order valence-electron chi connectivity index (χ4n) is 3.53. The SMILES string of the molecule is Cc1ccc(NC(=O)CN(Cc2ccc(C(=O)NC3CC3)cc2)Cc2ccco2)cc1C. The van der Waals surface area contributed by atoms with Crippen LogP contribution in [0, 0.1) is 13.8 Å². The van der Waals surface area contributed by atoms with Gasteiger partial charge in [-0.2, -0.15) is 0 Å². The van der Waals surface area contributed by atoms with Crippen molar-refractivity contribution in [2.24, 2.45) is 0 Å². The summed E-state index contributed by atoms with van der Waals surface area (Å²) >= 11 is 0. The number of carbonyl (C=O) groups excluding carboxylic acids is 2. The first-order valence-electron chi connectivity index (χ1n) is 11.0. The van der Waals surface area contributed by atoms with Gasteiger partial charge in [0.05, 0.1) is 19.4 Å². The molecule has 1 fully saturated rings. The first-order valence-corrected chi connectivity index (χ1v) is 11.0. The molecular formula is C26H29N3O3. The summed E-state index contributed by atoms with van der Waals surface area (Å²) in [5.74, 6) is 0.684. The van der Waals surface area contributed by atoms with Crippen LogP contribution in [0.5, 0.6) is 0 Å². The van der Waals surface area contributed by atoms with E-state index in [1.807, 2.05) is 73.3 Å². The molecule has 166 valence electrons. The molecule has 1 saturated carbocycles. The largest absolute Gasteiger partial charge is 0.468 e. The normalized spacial score (nSPS) is 13.2. The van der Waals surface area contributed by atoms with Crippen LogP contribution >= 0.6 is 0 Å². The van der Waals surface area contributed by atoms with E-state index in [0.29, 0.717) is 24.7 Å². The topological polar surface area (TPSA) is 74.6 Å². The van der Waals surface area contributed by atoms with E-state index in [-0.39, 0.29) is 18.4 Å². The number of carbonyl (C=O) groups is 2. The predicted octanol–water partition coefficient (Wildman–Crippen LogP) is 4.43. The Labute approximate surface area is 188 Å². The molecule has 4 rings (SSSR count). The number of anilines is 1. The van der Waals surface area contributed by atoms with E-state index >= 15 is 0 Å². The van der Waals surface area contributed by atoms with Crippen LogP contribution < -0.4 is 10.6 Å². The Morgan fingerprint density at radius 1 is 1.00 bits per heavy atom. The molecule has 0 radical (unpaired) electrons. The van der Waals surface area contributed by atoms with Gasteiger partial charge in [-0.15, -0.1) is 0 Å². The second-order valence-corrected chi connectivity index (χ2v) is 8.52. The van der Waals surface area contributed by atoms with Crippen molar-refractivity contribution in [3.63, 3.8) is 0 Å². The zero-order valence-electron chi connectivity index (χ0n) is 18.6. The molecule has 6 heteroatoms. The van der Waals surface area contributed by atoms with Crippen molar-refractivity contribution in [1.82, 2.24) is 10.2 Å². The fraction of sp³-hybridized carbons (Fsp3) is 0.308. The Balaban J connectivity index is 1.41. The van der Waals surface area contributed by atoms with Crippen LogP contribution in [-0.2, 0) is 17.9 Å². The lowest BCUT2D eigenvalue weighted by Crippen LogP contribution is -2.32. The molecule has 0 spiro atoms. The molecule has 32 heavy (non-hydrogen) atoms. The number of amides is 2. The third-order valence-corrected chi connectivity index (χ3v) is 5.65. The molecule has 1 aliphatic carbocycles. The minimum atomic E-state index is -0.0831.